The number of halogens is 1. The number of thiophene rings is 1. The van der Waals surface area contributed by atoms with Crippen LogP contribution in [0.25, 0.3) is 6.08 Å². The van der Waals surface area contributed by atoms with E-state index in [4.69, 9.17) is 21.0 Å². The lowest BCUT2D eigenvalue weighted by molar-refractivity contribution is -0.174. The molecule has 0 atom stereocenters. The Labute approximate surface area is 146 Å². The van der Waals surface area contributed by atoms with Crippen molar-refractivity contribution >= 4 is 40.6 Å². The number of aromatic nitrogens is 1. The molecule has 0 aromatic carbocycles. The maximum atomic E-state index is 12.1. The maximum absolute atomic E-state index is 12.1. The molecule has 24 heavy (non-hydrogen) atoms. The Kier molecular flexibility index (Phi) is 2.65. The van der Waals surface area contributed by atoms with Gasteiger partial charge in [-0.25, -0.2) is 0 Å². The molecule has 1 amide bonds. The number of amides is 1. The molecule has 2 aliphatic heterocycles. The van der Waals surface area contributed by atoms with Crippen LogP contribution < -0.4 is 10.2 Å². The fraction of sp³-hybridized carbons (Fsp3) is 0.250. The minimum Gasteiger partial charge on any atom is -0.382 e. The van der Waals surface area contributed by atoms with Gasteiger partial charge in [0.15, 0.2) is 5.15 Å². The highest BCUT2D eigenvalue weighted by atomic mass is 35.5. The lowest BCUT2D eigenvalue weighted by atomic mass is 9.90. The third-order valence-electron chi connectivity index (χ3n) is 4.44. The van der Waals surface area contributed by atoms with Crippen molar-refractivity contribution in [2.75, 3.05) is 12.4 Å². The number of carbonyl (C=O) groups is 1. The van der Waals surface area contributed by atoms with Crippen LogP contribution >= 0.6 is 22.9 Å². The zero-order chi connectivity index (χ0) is 16.5. The van der Waals surface area contributed by atoms with E-state index in [1.165, 1.54) is 16.4 Å². The van der Waals surface area contributed by atoms with Gasteiger partial charge in [0.2, 0.25) is 10.8 Å². The van der Waals surface area contributed by atoms with E-state index in [0.29, 0.717) is 16.5 Å². The molecule has 2 fully saturated rings. The second kappa shape index (κ2) is 4.56. The Bertz CT molecular complexity index is 990. The summed E-state index contributed by atoms with van der Waals surface area (Å²) in [6.07, 6.45) is 3.87. The van der Waals surface area contributed by atoms with Gasteiger partial charge in [0, 0.05) is 12.6 Å². The number of β-lactam (4-membered cyclic amide) rings is 1. The lowest BCUT2D eigenvalue weighted by Crippen LogP contribution is -2.54. The summed E-state index contributed by atoms with van der Waals surface area (Å²) < 4.78 is 5.09. The summed E-state index contributed by atoms with van der Waals surface area (Å²) in [4.78, 5) is 18.6. The standard InChI is InChI=1S/C16H10ClN3O3S/c1-18-12-10(22-19-13(12)17)3-2-9-6-8-7-11-16(4-5-16)15(21)20(11)23-14(8)24-9/h6-7,18H,4-5H2,1H3. The highest BCUT2D eigenvalue weighted by molar-refractivity contribution is 7.14. The molecule has 1 spiro atoms. The predicted octanol–water partition coefficient (Wildman–Crippen LogP) is 3.10. The highest BCUT2D eigenvalue weighted by Gasteiger charge is 2.67. The summed E-state index contributed by atoms with van der Waals surface area (Å²) in [5.74, 6) is 6.38. The molecular formula is C16H10ClN3O3S. The van der Waals surface area contributed by atoms with E-state index in [9.17, 15) is 4.79 Å². The van der Waals surface area contributed by atoms with E-state index < -0.39 is 0 Å². The Morgan fingerprint density at radius 3 is 3.04 bits per heavy atom. The van der Waals surface area contributed by atoms with Crippen molar-refractivity contribution in [3.63, 3.8) is 0 Å². The molecule has 4 heterocycles. The van der Waals surface area contributed by atoms with Crippen molar-refractivity contribution in [1.82, 2.24) is 10.2 Å². The molecule has 6 nitrogen and oxygen atoms in total. The van der Waals surface area contributed by atoms with Gasteiger partial charge in [-0.05, 0) is 36.8 Å². The number of rotatable bonds is 1. The number of hydrogen-bond donors (Lipinski definition) is 1. The van der Waals surface area contributed by atoms with Crippen LogP contribution in [0.1, 0.15) is 29.0 Å². The molecule has 0 unspecified atom stereocenters. The first-order valence-corrected chi connectivity index (χ1v) is 8.55. The van der Waals surface area contributed by atoms with Crippen LogP contribution in [0, 0.1) is 17.3 Å². The van der Waals surface area contributed by atoms with Crippen molar-refractivity contribution in [3.8, 4) is 16.9 Å². The number of hydroxylamine groups is 2. The van der Waals surface area contributed by atoms with Crippen LogP contribution in [-0.2, 0) is 4.79 Å². The smallest absolute Gasteiger partial charge is 0.272 e. The maximum Gasteiger partial charge on any atom is 0.272 e. The van der Waals surface area contributed by atoms with Gasteiger partial charge in [0.05, 0.1) is 16.0 Å². The first-order valence-electron chi connectivity index (χ1n) is 7.36. The topological polar surface area (TPSA) is 67.6 Å². The lowest BCUT2D eigenvalue weighted by Gasteiger charge is -2.41. The third-order valence-corrected chi connectivity index (χ3v) is 5.64. The van der Waals surface area contributed by atoms with Gasteiger partial charge in [-0.3, -0.25) is 4.79 Å². The molecule has 0 bridgehead atoms. The summed E-state index contributed by atoms with van der Waals surface area (Å²) in [5, 5.41) is 8.91. The molecule has 1 saturated carbocycles. The molecule has 5 rings (SSSR count). The zero-order valence-electron chi connectivity index (χ0n) is 12.5. The highest BCUT2D eigenvalue weighted by Crippen LogP contribution is 2.63. The quantitative estimate of drug-likeness (QED) is 0.626. The Hall–Kier alpha value is -2.43. The largest absolute Gasteiger partial charge is 0.382 e. The van der Waals surface area contributed by atoms with E-state index in [2.05, 4.69) is 22.3 Å². The molecule has 1 aliphatic carbocycles. The summed E-state index contributed by atoms with van der Waals surface area (Å²) in [6, 6.07) is 1.95. The van der Waals surface area contributed by atoms with Gasteiger partial charge in [-0.1, -0.05) is 28.1 Å². The molecule has 120 valence electrons. The van der Waals surface area contributed by atoms with Gasteiger partial charge in [0.25, 0.3) is 5.91 Å². The van der Waals surface area contributed by atoms with Crippen molar-refractivity contribution < 1.29 is 14.2 Å². The number of nitrogens with zero attached hydrogens (tertiary/aromatic N) is 2. The minimum atomic E-state index is -0.260. The molecule has 3 aliphatic rings. The average molecular weight is 360 g/mol. The number of carbonyl (C=O) groups excluding carboxylic acids is 1. The number of nitrogens with one attached hydrogen (secondary N) is 1. The van der Waals surface area contributed by atoms with Gasteiger partial charge >= 0.3 is 0 Å². The van der Waals surface area contributed by atoms with E-state index in [1.807, 2.05) is 12.1 Å². The van der Waals surface area contributed by atoms with Crippen molar-refractivity contribution in [2.45, 2.75) is 12.8 Å². The van der Waals surface area contributed by atoms with Crippen LogP contribution in [0.4, 0.5) is 5.69 Å². The molecule has 8 heteroatoms. The fourth-order valence-electron chi connectivity index (χ4n) is 2.98. The molecular weight excluding hydrogens is 350 g/mol. The van der Waals surface area contributed by atoms with Crippen molar-refractivity contribution in [2.24, 2.45) is 5.41 Å². The van der Waals surface area contributed by atoms with Crippen molar-refractivity contribution in [3.05, 3.63) is 33.1 Å². The monoisotopic (exact) mass is 359 g/mol. The molecule has 0 radical (unpaired) electrons. The zero-order valence-corrected chi connectivity index (χ0v) is 14.0. The van der Waals surface area contributed by atoms with Gasteiger partial charge in [0.1, 0.15) is 5.69 Å². The third kappa shape index (κ3) is 1.72. The second-order valence-corrected chi connectivity index (χ2v) is 7.21. The van der Waals surface area contributed by atoms with Gasteiger partial charge < -0.3 is 14.7 Å². The molecule has 2 aromatic heterocycles. The number of anilines is 1. The predicted molar refractivity (Wildman–Crippen MR) is 88.5 cm³/mol. The number of hydrogen-bond acceptors (Lipinski definition) is 6. The van der Waals surface area contributed by atoms with E-state index in [1.54, 1.807) is 7.05 Å². The summed E-state index contributed by atoms with van der Waals surface area (Å²) in [5.41, 5.74) is 2.23. The molecule has 2 aromatic rings. The summed E-state index contributed by atoms with van der Waals surface area (Å²) in [6.45, 7) is 0. The van der Waals surface area contributed by atoms with E-state index in [-0.39, 0.29) is 16.5 Å². The molecule has 1 saturated heterocycles. The van der Waals surface area contributed by atoms with Crippen LogP contribution in [0.2, 0.25) is 5.15 Å². The average Bonchev–Trinajstić information content (AvgIpc) is 3.22. The summed E-state index contributed by atoms with van der Waals surface area (Å²) in [7, 11) is 1.72. The van der Waals surface area contributed by atoms with Crippen LogP contribution in [0.15, 0.2) is 16.3 Å². The SMILES string of the molecule is CNc1c(Cl)noc1C#Cc1cc2c(s1)ON1C(=O)C3(CC3)C1=C2. The van der Waals surface area contributed by atoms with Crippen molar-refractivity contribution in [1.29, 1.82) is 0 Å². The summed E-state index contributed by atoms with van der Waals surface area (Å²) >= 11 is 7.28. The van der Waals surface area contributed by atoms with Crippen LogP contribution in [0.3, 0.4) is 0 Å². The number of fused-ring (bicyclic) bond motifs is 3. The molecule has 1 N–H and O–H groups in total. The van der Waals surface area contributed by atoms with E-state index in [0.717, 1.165) is 29.0 Å². The second-order valence-electron chi connectivity index (χ2n) is 5.83. The first kappa shape index (κ1) is 14.0. The minimum absolute atomic E-state index is 0.0652. The Balaban J connectivity index is 1.47. The first-order chi connectivity index (χ1) is 11.6. The van der Waals surface area contributed by atoms with Gasteiger partial charge in [-0.2, -0.15) is 0 Å². The Morgan fingerprint density at radius 1 is 1.46 bits per heavy atom. The van der Waals surface area contributed by atoms with E-state index >= 15 is 0 Å². The Morgan fingerprint density at radius 2 is 2.29 bits per heavy atom. The van der Waals surface area contributed by atoms with Crippen LogP contribution in [-0.4, -0.2) is 23.2 Å². The van der Waals surface area contributed by atoms with Crippen LogP contribution in [0.5, 0.6) is 5.06 Å². The fourth-order valence-corrected chi connectivity index (χ4v) is 4.03. The normalized spacial score (nSPS) is 18.7. The van der Waals surface area contributed by atoms with Gasteiger partial charge in [-0.15, -0.1) is 5.06 Å².